The van der Waals surface area contributed by atoms with Gasteiger partial charge in [0.25, 0.3) is 0 Å². The second-order valence-electron chi connectivity index (χ2n) is 9.51. The van der Waals surface area contributed by atoms with E-state index in [0.717, 1.165) is 43.5 Å². The van der Waals surface area contributed by atoms with Crippen molar-refractivity contribution in [1.82, 2.24) is 4.90 Å². The lowest BCUT2D eigenvalue weighted by molar-refractivity contribution is -0.147. The zero-order valence-electron chi connectivity index (χ0n) is 15.1. The molecule has 6 rings (SSSR count). The lowest BCUT2D eigenvalue weighted by atomic mass is 9.42. The van der Waals surface area contributed by atoms with Crippen molar-refractivity contribution >= 4 is 5.91 Å². The Labute approximate surface area is 150 Å². The molecule has 4 heteroatoms. The lowest BCUT2D eigenvalue weighted by Gasteiger charge is -2.63. The molecule has 0 aromatic carbocycles. The average Bonchev–Trinajstić information content (AvgIpc) is 2.55. The lowest BCUT2D eigenvalue weighted by Crippen LogP contribution is -2.61. The fourth-order valence-corrected chi connectivity index (χ4v) is 7.07. The first-order valence-corrected chi connectivity index (χ1v) is 10.2. The van der Waals surface area contributed by atoms with Gasteiger partial charge in [0, 0.05) is 36.7 Å². The summed E-state index contributed by atoms with van der Waals surface area (Å²) in [7, 11) is 0. The van der Waals surface area contributed by atoms with E-state index in [0.29, 0.717) is 24.2 Å². The van der Waals surface area contributed by atoms with Crippen molar-refractivity contribution in [2.75, 3.05) is 13.1 Å². The minimum atomic E-state index is 0.112. The Balaban J connectivity index is 1.49. The van der Waals surface area contributed by atoms with E-state index in [1.54, 1.807) is 0 Å². The van der Waals surface area contributed by atoms with Gasteiger partial charge in [-0.3, -0.25) is 4.79 Å². The molecule has 6 aliphatic rings. The van der Waals surface area contributed by atoms with E-state index in [4.69, 9.17) is 11.5 Å². The third-order valence-electron chi connectivity index (χ3n) is 8.08. The molecule has 0 unspecified atom stereocenters. The molecule has 4 nitrogen and oxygen atoms in total. The second-order valence-corrected chi connectivity index (χ2v) is 9.51. The fourth-order valence-electron chi connectivity index (χ4n) is 7.07. The minimum Gasteiger partial charge on any atom is -0.402 e. The van der Waals surface area contributed by atoms with E-state index in [1.807, 2.05) is 4.90 Å². The number of nitrogens with two attached hydrogens (primary N) is 2. The SMILES string of the molecule is NC1=CC=C(C2(CC(=O)N3CC(N)C3)C3CC4CC(C3)CC2C4)CC1. The molecule has 5 aliphatic carbocycles. The van der Waals surface area contributed by atoms with E-state index in [1.165, 1.54) is 37.7 Å². The van der Waals surface area contributed by atoms with Crippen LogP contribution in [0, 0.1) is 29.1 Å². The molecule has 5 fully saturated rings. The topological polar surface area (TPSA) is 72.4 Å². The summed E-state index contributed by atoms with van der Waals surface area (Å²) in [5, 5.41) is 0. The Morgan fingerprint density at radius 2 is 1.68 bits per heavy atom. The molecule has 1 heterocycles. The molecule has 0 radical (unpaired) electrons. The Hall–Kier alpha value is -1.29. The van der Waals surface area contributed by atoms with Gasteiger partial charge in [0.15, 0.2) is 0 Å². The van der Waals surface area contributed by atoms with Gasteiger partial charge in [-0.1, -0.05) is 11.6 Å². The van der Waals surface area contributed by atoms with Crippen molar-refractivity contribution in [3.05, 3.63) is 23.4 Å². The van der Waals surface area contributed by atoms with Crippen molar-refractivity contribution in [3.8, 4) is 0 Å². The summed E-state index contributed by atoms with van der Waals surface area (Å²) in [5.74, 6) is 3.61. The van der Waals surface area contributed by atoms with Crippen LogP contribution in [0.15, 0.2) is 23.4 Å². The maximum atomic E-state index is 13.1. The van der Waals surface area contributed by atoms with Crippen LogP contribution in [0.3, 0.4) is 0 Å². The van der Waals surface area contributed by atoms with Gasteiger partial charge in [-0.15, -0.1) is 0 Å². The van der Waals surface area contributed by atoms with Crippen molar-refractivity contribution in [2.24, 2.45) is 40.6 Å². The standard InChI is InChI=1S/C21H31N3O/c22-18-3-1-15(2-4-18)21(10-20(25)24-11-19(23)12-24)16-6-13-5-14(8-16)9-17(21)7-13/h1,3,13-14,16-17,19H,2,4-12,22-23H2. The zero-order valence-corrected chi connectivity index (χ0v) is 15.1. The van der Waals surface area contributed by atoms with Gasteiger partial charge in [-0.2, -0.15) is 0 Å². The summed E-state index contributed by atoms with van der Waals surface area (Å²) in [5.41, 5.74) is 14.6. The summed E-state index contributed by atoms with van der Waals surface area (Å²) >= 11 is 0. The summed E-state index contributed by atoms with van der Waals surface area (Å²) in [6, 6.07) is 0.190. The van der Waals surface area contributed by atoms with Crippen LogP contribution in [0.1, 0.15) is 51.4 Å². The maximum absolute atomic E-state index is 13.1. The van der Waals surface area contributed by atoms with Gasteiger partial charge in [0.05, 0.1) is 0 Å². The Morgan fingerprint density at radius 3 is 2.20 bits per heavy atom. The van der Waals surface area contributed by atoms with Crippen LogP contribution in [-0.2, 0) is 4.79 Å². The first kappa shape index (κ1) is 15.9. The predicted octanol–water partition coefficient (Wildman–Crippen LogP) is 2.55. The van der Waals surface area contributed by atoms with Crippen molar-refractivity contribution in [2.45, 2.75) is 57.4 Å². The van der Waals surface area contributed by atoms with E-state index in [-0.39, 0.29) is 11.5 Å². The summed E-state index contributed by atoms with van der Waals surface area (Å²) in [6.45, 7) is 1.50. The zero-order chi connectivity index (χ0) is 17.2. The monoisotopic (exact) mass is 341 g/mol. The van der Waals surface area contributed by atoms with Crippen LogP contribution < -0.4 is 11.5 Å². The number of nitrogens with zero attached hydrogens (tertiary/aromatic N) is 1. The molecule has 0 aromatic rings. The molecule has 136 valence electrons. The van der Waals surface area contributed by atoms with Crippen molar-refractivity contribution in [3.63, 3.8) is 0 Å². The minimum absolute atomic E-state index is 0.112. The molecule has 4 bridgehead atoms. The first-order valence-electron chi connectivity index (χ1n) is 10.2. The van der Waals surface area contributed by atoms with Crippen LogP contribution >= 0.6 is 0 Å². The van der Waals surface area contributed by atoms with Crippen LogP contribution in [-0.4, -0.2) is 29.9 Å². The van der Waals surface area contributed by atoms with Gasteiger partial charge < -0.3 is 16.4 Å². The third-order valence-corrected chi connectivity index (χ3v) is 8.08. The number of likely N-dealkylation sites (tertiary alicyclic amines) is 1. The first-order chi connectivity index (χ1) is 12.0. The Kier molecular flexibility index (Phi) is 3.57. The van der Waals surface area contributed by atoms with Gasteiger partial charge >= 0.3 is 0 Å². The Morgan fingerprint density at radius 1 is 1.04 bits per heavy atom. The predicted molar refractivity (Wildman–Crippen MR) is 98.2 cm³/mol. The quantitative estimate of drug-likeness (QED) is 0.828. The summed E-state index contributed by atoms with van der Waals surface area (Å²) in [6.07, 6.45) is 13.9. The highest BCUT2D eigenvalue weighted by Gasteiger charge is 2.59. The Bertz CT molecular complexity index is 616. The van der Waals surface area contributed by atoms with Gasteiger partial charge in [0.1, 0.15) is 0 Å². The second kappa shape index (κ2) is 5.60. The van der Waals surface area contributed by atoms with E-state index in [2.05, 4.69) is 12.2 Å². The molecule has 1 saturated heterocycles. The highest BCUT2D eigenvalue weighted by atomic mass is 16.2. The van der Waals surface area contributed by atoms with Crippen molar-refractivity contribution in [1.29, 1.82) is 0 Å². The van der Waals surface area contributed by atoms with Crippen LogP contribution in [0.4, 0.5) is 0 Å². The molecule has 0 spiro atoms. The van der Waals surface area contributed by atoms with Crippen LogP contribution in [0.25, 0.3) is 0 Å². The molecule has 0 aromatic heterocycles. The number of hydrogen-bond donors (Lipinski definition) is 2. The van der Waals surface area contributed by atoms with E-state index >= 15 is 0 Å². The molecule has 4 N–H and O–H groups in total. The van der Waals surface area contributed by atoms with Gasteiger partial charge in [0.2, 0.25) is 5.91 Å². The number of hydrogen-bond acceptors (Lipinski definition) is 3. The molecular formula is C21H31N3O. The summed E-state index contributed by atoms with van der Waals surface area (Å²) in [4.78, 5) is 15.1. The van der Waals surface area contributed by atoms with Crippen LogP contribution in [0.2, 0.25) is 0 Å². The maximum Gasteiger partial charge on any atom is 0.223 e. The number of carbonyl (C=O) groups excluding carboxylic acids is 1. The van der Waals surface area contributed by atoms with E-state index < -0.39 is 0 Å². The highest BCUT2D eigenvalue weighted by Crippen LogP contribution is 2.67. The smallest absolute Gasteiger partial charge is 0.223 e. The number of allylic oxidation sites excluding steroid dienone is 4. The highest BCUT2D eigenvalue weighted by molar-refractivity contribution is 5.78. The normalized spacial score (nSPS) is 42.8. The molecule has 25 heavy (non-hydrogen) atoms. The largest absolute Gasteiger partial charge is 0.402 e. The third kappa shape index (κ3) is 2.40. The summed E-state index contributed by atoms with van der Waals surface area (Å²) < 4.78 is 0. The molecule has 1 amide bonds. The number of carbonyl (C=O) groups is 1. The van der Waals surface area contributed by atoms with Gasteiger partial charge in [-0.25, -0.2) is 0 Å². The van der Waals surface area contributed by atoms with Crippen LogP contribution in [0.5, 0.6) is 0 Å². The molecular weight excluding hydrogens is 310 g/mol. The average molecular weight is 341 g/mol. The molecule has 4 saturated carbocycles. The van der Waals surface area contributed by atoms with Gasteiger partial charge in [-0.05, 0) is 74.7 Å². The molecule has 0 atom stereocenters. The molecule has 1 aliphatic heterocycles. The van der Waals surface area contributed by atoms with Crippen molar-refractivity contribution < 1.29 is 4.79 Å². The number of amides is 1. The fraction of sp³-hybridized carbons (Fsp3) is 0.762. The number of rotatable bonds is 3. The van der Waals surface area contributed by atoms with E-state index in [9.17, 15) is 4.79 Å².